The summed E-state index contributed by atoms with van der Waals surface area (Å²) >= 11 is 5.17. The van der Waals surface area contributed by atoms with Crippen LogP contribution in [0.2, 0.25) is 0 Å². The number of thiophene rings is 1. The third-order valence-electron chi connectivity index (χ3n) is 2.27. The van der Waals surface area contributed by atoms with Crippen molar-refractivity contribution in [3.63, 3.8) is 0 Å². The third-order valence-corrected chi connectivity index (χ3v) is 3.96. The molecule has 4 nitrogen and oxygen atoms in total. The number of hydrogen-bond donors (Lipinski definition) is 2. The first-order valence-corrected chi connectivity index (χ1v) is 7.01. The van der Waals surface area contributed by atoms with E-state index in [1.54, 1.807) is 16.0 Å². The van der Waals surface area contributed by atoms with E-state index in [1.165, 1.54) is 4.88 Å². The van der Waals surface area contributed by atoms with E-state index in [-0.39, 0.29) is 6.61 Å². The highest BCUT2D eigenvalue weighted by atomic mass is 79.9. The van der Waals surface area contributed by atoms with Crippen molar-refractivity contribution in [3.05, 3.63) is 38.8 Å². The molecule has 0 aliphatic heterocycles. The van der Waals surface area contributed by atoms with Crippen LogP contribution in [0.5, 0.6) is 0 Å². The van der Waals surface area contributed by atoms with E-state index in [0.717, 1.165) is 23.1 Å². The summed E-state index contributed by atoms with van der Waals surface area (Å²) < 4.78 is 2.88. The zero-order valence-electron chi connectivity index (χ0n) is 9.27. The summed E-state index contributed by atoms with van der Waals surface area (Å²) in [6.45, 7) is 2.33. The molecule has 2 aromatic heterocycles. The lowest BCUT2D eigenvalue weighted by Gasteiger charge is -2.00. The summed E-state index contributed by atoms with van der Waals surface area (Å²) in [5.74, 6) is 0. The molecule has 17 heavy (non-hydrogen) atoms. The molecule has 0 unspecified atom stereocenters. The molecule has 0 amide bonds. The Labute approximate surface area is 112 Å². The van der Waals surface area contributed by atoms with Crippen LogP contribution < -0.4 is 5.32 Å². The molecule has 0 spiro atoms. The van der Waals surface area contributed by atoms with Gasteiger partial charge in [0.15, 0.2) is 0 Å². The van der Waals surface area contributed by atoms with Gasteiger partial charge in [-0.3, -0.25) is 4.68 Å². The zero-order valence-corrected chi connectivity index (χ0v) is 11.7. The molecular formula is C11H14BrN3OS. The zero-order chi connectivity index (χ0) is 12.1. The summed E-state index contributed by atoms with van der Waals surface area (Å²) in [5, 5.41) is 18.4. The summed E-state index contributed by atoms with van der Waals surface area (Å²) in [5.41, 5.74) is 1.13. The van der Waals surface area contributed by atoms with Gasteiger partial charge in [-0.25, -0.2) is 0 Å². The van der Waals surface area contributed by atoms with E-state index in [2.05, 4.69) is 37.8 Å². The fourth-order valence-electron chi connectivity index (χ4n) is 1.50. The standard InChI is InChI=1S/C11H14BrN3OS/c12-10-3-11(17-8-10)6-13-4-9-5-14-15(7-9)1-2-16/h3,5,7-8,13,16H,1-2,4,6H2. The van der Waals surface area contributed by atoms with Crippen LogP contribution >= 0.6 is 27.3 Å². The molecule has 0 saturated carbocycles. The van der Waals surface area contributed by atoms with Gasteiger partial charge in [0.1, 0.15) is 0 Å². The molecule has 6 heteroatoms. The highest BCUT2D eigenvalue weighted by Gasteiger charge is 2.00. The lowest BCUT2D eigenvalue weighted by atomic mass is 10.3. The number of aliphatic hydroxyl groups excluding tert-OH is 1. The summed E-state index contributed by atoms with van der Waals surface area (Å²) in [7, 11) is 0. The van der Waals surface area contributed by atoms with Gasteiger partial charge in [0.05, 0.1) is 19.3 Å². The second-order valence-electron chi connectivity index (χ2n) is 3.67. The molecule has 2 N–H and O–H groups in total. The van der Waals surface area contributed by atoms with Crippen LogP contribution in [0.25, 0.3) is 0 Å². The molecule has 0 fully saturated rings. The van der Waals surface area contributed by atoms with Gasteiger partial charge in [-0.15, -0.1) is 11.3 Å². The summed E-state index contributed by atoms with van der Waals surface area (Å²) in [6, 6.07) is 2.12. The maximum atomic E-state index is 8.78. The molecule has 0 aliphatic carbocycles. The maximum Gasteiger partial charge on any atom is 0.0640 e. The van der Waals surface area contributed by atoms with Crippen LogP contribution in [-0.2, 0) is 19.6 Å². The van der Waals surface area contributed by atoms with Crippen molar-refractivity contribution < 1.29 is 5.11 Å². The minimum atomic E-state index is 0.123. The number of hydrogen-bond acceptors (Lipinski definition) is 4. The molecular weight excluding hydrogens is 302 g/mol. The Morgan fingerprint density at radius 1 is 1.47 bits per heavy atom. The first-order valence-electron chi connectivity index (χ1n) is 5.34. The molecule has 2 heterocycles. The average Bonchev–Trinajstić information content (AvgIpc) is 2.89. The van der Waals surface area contributed by atoms with E-state index >= 15 is 0 Å². The van der Waals surface area contributed by atoms with Crippen molar-refractivity contribution in [3.8, 4) is 0 Å². The van der Waals surface area contributed by atoms with Gasteiger partial charge in [0, 0.05) is 39.6 Å². The summed E-state index contributed by atoms with van der Waals surface area (Å²) in [6.07, 6.45) is 3.78. The van der Waals surface area contributed by atoms with E-state index in [0.29, 0.717) is 6.54 Å². The molecule has 0 aromatic carbocycles. The van der Waals surface area contributed by atoms with Gasteiger partial charge in [0.2, 0.25) is 0 Å². The Bertz CT molecular complexity index is 469. The lowest BCUT2D eigenvalue weighted by molar-refractivity contribution is 0.269. The number of halogens is 1. The van der Waals surface area contributed by atoms with Crippen LogP contribution in [0.4, 0.5) is 0 Å². The van der Waals surface area contributed by atoms with E-state index < -0.39 is 0 Å². The minimum Gasteiger partial charge on any atom is -0.394 e. The predicted molar refractivity (Wildman–Crippen MR) is 71.9 cm³/mol. The topological polar surface area (TPSA) is 50.1 Å². The lowest BCUT2D eigenvalue weighted by Crippen LogP contribution is -2.11. The van der Waals surface area contributed by atoms with Crippen LogP contribution in [0.15, 0.2) is 28.3 Å². The molecule has 0 aliphatic rings. The summed E-state index contributed by atoms with van der Waals surface area (Å²) in [4.78, 5) is 1.31. The van der Waals surface area contributed by atoms with Gasteiger partial charge in [-0.05, 0) is 22.0 Å². The Morgan fingerprint density at radius 2 is 2.35 bits per heavy atom. The fourth-order valence-corrected chi connectivity index (χ4v) is 2.92. The van der Waals surface area contributed by atoms with Crippen molar-refractivity contribution in [2.45, 2.75) is 19.6 Å². The Balaban J connectivity index is 1.77. The van der Waals surface area contributed by atoms with Gasteiger partial charge in [0.25, 0.3) is 0 Å². The average molecular weight is 316 g/mol. The predicted octanol–water partition coefficient (Wildman–Crippen LogP) is 1.99. The number of aliphatic hydroxyl groups is 1. The van der Waals surface area contributed by atoms with Crippen molar-refractivity contribution in [1.29, 1.82) is 0 Å². The first-order chi connectivity index (χ1) is 8.28. The van der Waals surface area contributed by atoms with Crippen molar-refractivity contribution in [2.24, 2.45) is 0 Å². The Kier molecular flexibility index (Phi) is 4.73. The number of nitrogens with zero attached hydrogens (tertiary/aromatic N) is 2. The largest absolute Gasteiger partial charge is 0.394 e. The first kappa shape index (κ1) is 12.8. The van der Waals surface area contributed by atoms with Crippen LogP contribution in [0, 0.1) is 0 Å². The van der Waals surface area contributed by atoms with Crippen molar-refractivity contribution >= 4 is 27.3 Å². The monoisotopic (exact) mass is 315 g/mol. The number of nitrogens with one attached hydrogen (secondary N) is 1. The molecule has 0 saturated heterocycles. The Hall–Kier alpha value is -0.690. The highest BCUT2D eigenvalue weighted by molar-refractivity contribution is 9.10. The quantitative estimate of drug-likeness (QED) is 0.857. The van der Waals surface area contributed by atoms with E-state index in [4.69, 9.17) is 5.11 Å². The van der Waals surface area contributed by atoms with E-state index in [1.807, 2.05) is 12.4 Å². The van der Waals surface area contributed by atoms with Gasteiger partial charge < -0.3 is 10.4 Å². The van der Waals surface area contributed by atoms with Gasteiger partial charge >= 0.3 is 0 Å². The van der Waals surface area contributed by atoms with Crippen molar-refractivity contribution in [2.75, 3.05) is 6.61 Å². The molecule has 2 aromatic rings. The van der Waals surface area contributed by atoms with Gasteiger partial charge in [-0.2, -0.15) is 5.10 Å². The molecule has 0 radical (unpaired) electrons. The normalized spacial score (nSPS) is 10.9. The SMILES string of the molecule is OCCn1cc(CNCc2cc(Br)cs2)cn1. The van der Waals surface area contributed by atoms with E-state index in [9.17, 15) is 0 Å². The molecule has 92 valence electrons. The molecule has 0 bridgehead atoms. The highest BCUT2D eigenvalue weighted by Crippen LogP contribution is 2.19. The molecule has 2 rings (SSSR count). The maximum absolute atomic E-state index is 8.78. The minimum absolute atomic E-state index is 0.123. The fraction of sp³-hybridized carbons (Fsp3) is 0.364. The second-order valence-corrected chi connectivity index (χ2v) is 5.58. The van der Waals surface area contributed by atoms with Gasteiger partial charge in [-0.1, -0.05) is 0 Å². The number of aromatic nitrogens is 2. The van der Waals surface area contributed by atoms with Crippen LogP contribution in [-0.4, -0.2) is 21.5 Å². The van der Waals surface area contributed by atoms with Crippen LogP contribution in [0.3, 0.4) is 0 Å². The second kappa shape index (κ2) is 6.30. The Morgan fingerprint density at radius 3 is 3.06 bits per heavy atom. The smallest absolute Gasteiger partial charge is 0.0640 e. The van der Waals surface area contributed by atoms with Crippen molar-refractivity contribution in [1.82, 2.24) is 15.1 Å². The van der Waals surface area contributed by atoms with Crippen LogP contribution in [0.1, 0.15) is 10.4 Å². The molecule has 0 atom stereocenters. The number of rotatable bonds is 6. The third kappa shape index (κ3) is 3.92.